The summed E-state index contributed by atoms with van der Waals surface area (Å²) in [5.74, 6) is -1.18. The van der Waals surface area contributed by atoms with Crippen molar-refractivity contribution in [2.24, 2.45) is 0 Å². The Morgan fingerprint density at radius 1 is 0.944 bits per heavy atom. The van der Waals surface area contributed by atoms with Gasteiger partial charge < -0.3 is 14.8 Å². The van der Waals surface area contributed by atoms with E-state index in [4.69, 9.17) is 10.0 Å². The maximum Gasteiger partial charge on any atom is 0.573 e. The Balaban J connectivity index is 3.23. The highest BCUT2D eigenvalue weighted by Gasteiger charge is 2.35. The minimum atomic E-state index is -5.18. The van der Waals surface area contributed by atoms with Gasteiger partial charge in [0, 0.05) is 0 Å². The fraction of sp³-hybridized carbons (Fsp3) is 0.250. The first-order chi connectivity index (χ1) is 7.99. The number of alkyl halides is 6. The highest BCUT2D eigenvalue weighted by Crippen LogP contribution is 2.32. The lowest BCUT2D eigenvalue weighted by molar-refractivity contribution is -0.274. The molecule has 0 spiro atoms. The molecule has 1 aromatic rings. The Morgan fingerprint density at radius 3 is 1.89 bits per heavy atom. The number of ether oxygens (including phenoxy) is 1. The normalized spacial score (nSPS) is 12.4. The molecule has 0 aliphatic rings. The van der Waals surface area contributed by atoms with E-state index in [9.17, 15) is 26.3 Å². The van der Waals surface area contributed by atoms with Crippen LogP contribution in [0, 0.1) is 0 Å². The molecule has 10 heteroatoms. The van der Waals surface area contributed by atoms with Crippen molar-refractivity contribution in [3.63, 3.8) is 0 Å². The Kier molecular flexibility index (Phi) is 3.82. The van der Waals surface area contributed by atoms with Gasteiger partial charge >= 0.3 is 19.7 Å². The van der Waals surface area contributed by atoms with Gasteiger partial charge in [0.25, 0.3) is 0 Å². The topological polar surface area (TPSA) is 49.7 Å². The van der Waals surface area contributed by atoms with Gasteiger partial charge in [-0.05, 0) is 23.7 Å². The highest BCUT2D eigenvalue weighted by molar-refractivity contribution is 6.58. The summed E-state index contributed by atoms with van der Waals surface area (Å²) in [6.07, 6.45) is -10.1. The summed E-state index contributed by atoms with van der Waals surface area (Å²) in [7, 11) is -2.34. The fourth-order valence-corrected chi connectivity index (χ4v) is 1.13. The first kappa shape index (κ1) is 14.6. The second kappa shape index (κ2) is 4.69. The molecule has 0 saturated carbocycles. The Morgan fingerprint density at radius 2 is 1.50 bits per heavy atom. The van der Waals surface area contributed by atoms with Crippen LogP contribution in [0.4, 0.5) is 26.3 Å². The van der Waals surface area contributed by atoms with E-state index in [0.717, 1.165) is 0 Å². The predicted octanol–water partition coefficient (Wildman–Crippen LogP) is 1.28. The van der Waals surface area contributed by atoms with Crippen LogP contribution in [0.3, 0.4) is 0 Å². The molecule has 0 aliphatic heterocycles. The molecule has 3 nitrogen and oxygen atoms in total. The van der Waals surface area contributed by atoms with Crippen LogP contribution in [0.15, 0.2) is 18.2 Å². The van der Waals surface area contributed by atoms with Crippen LogP contribution in [0.1, 0.15) is 5.56 Å². The maximum absolute atomic E-state index is 12.3. The SMILES string of the molecule is OB(O)c1cc(OC(F)(F)F)cc(C(F)(F)F)c1. The molecule has 0 amide bonds. The summed E-state index contributed by atoms with van der Waals surface area (Å²) >= 11 is 0. The molecular weight excluding hydrogens is 269 g/mol. The lowest BCUT2D eigenvalue weighted by atomic mass is 9.79. The van der Waals surface area contributed by atoms with Crippen molar-refractivity contribution in [2.75, 3.05) is 0 Å². The minimum absolute atomic E-state index is 0.110. The monoisotopic (exact) mass is 274 g/mol. The molecule has 1 aromatic carbocycles. The van der Waals surface area contributed by atoms with E-state index in [1.54, 1.807) is 0 Å². The Labute approximate surface area is 96.7 Å². The minimum Gasteiger partial charge on any atom is -0.423 e. The molecular formula is C8H5BF6O3. The van der Waals surface area contributed by atoms with Crippen molar-refractivity contribution in [1.82, 2.24) is 0 Å². The molecule has 0 heterocycles. The summed E-state index contributed by atoms with van der Waals surface area (Å²) in [4.78, 5) is 0. The predicted molar refractivity (Wildman–Crippen MR) is 48.0 cm³/mol. The van der Waals surface area contributed by atoms with Crippen molar-refractivity contribution in [2.45, 2.75) is 12.5 Å². The highest BCUT2D eigenvalue weighted by atomic mass is 19.4. The Bertz CT molecular complexity index is 428. The van der Waals surface area contributed by atoms with Crippen LogP contribution < -0.4 is 10.2 Å². The van der Waals surface area contributed by atoms with Crippen molar-refractivity contribution in [3.05, 3.63) is 23.8 Å². The second-order valence-corrected chi connectivity index (χ2v) is 3.21. The largest absolute Gasteiger partial charge is 0.573 e. The van der Waals surface area contributed by atoms with Crippen molar-refractivity contribution < 1.29 is 41.1 Å². The first-order valence-corrected chi connectivity index (χ1v) is 4.33. The molecule has 0 aliphatic carbocycles. The van der Waals surface area contributed by atoms with E-state index in [2.05, 4.69) is 4.74 Å². The van der Waals surface area contributed by atoms with Crippen LogP contribution >= 0.6 is 0 Å². The fourth-order valence-electron chi connectivity index (χ4n) is 1.13. The molecule has 0 radical (unpaired) electrons. The molecule has 1 rings (SSSR count). The molecule has 0 unspecified atom stereocenters. The number of rotatable bonds is 2. The molecule has 0 saturated heterocycles. The smallest absolute Gasteiger partial charge is 0.423 e. The third-order valence-corrected chi connectivity index (χ3v) is 1.79. The van der Waals surface area contributed by atoms with Crippen LogP contribution in [0.2, 0.25) is 0 Å². The van der Waals surface area contributed by atoms with Gasteiger partial charge in [0.2, 0.25) is 0 Å². The van der Waals surface area contributed by atoms with Gasteiger partial charge in [0.15, 0.2) is 0 Å². The van der Waals surface area contributed by atoms with Gasteiger partial charge in [-0.2, -0.15) is 13.2 Å². The number of benzene rings is 1. The van der Waals surface area contributed by atoms with E-state index in [1.807, 2.05) is 0 Å². The van der Waals surface area contributed by atoms with E-state index < -0.39 is 36.4 Å². The van der Waals surface area contributed by atoms with Crippen molar-refractivity contribution in [3.8, 4) is 5.75 Å². The molecule has 18 heavy (non-hydrogen) atoms. The molecule has 0 atom stereocenters. The zero-order valence-electron chi connectivity index (χ0n) is 8.38. The summed E-state index contributed by atoms with van der Waals surface area (Å²) in [5, 5.41) is 17.4. The number of hydrogen-bond donors (Lipinski definition) is 2. The summed E-state index contributed by atoms with van der Waals surface area (Å²) < 4.78 is 76.0. The summed E-state index contributed by atoms with van der Waals surface area (Å²) in [6, 6.07) is 0.876. The standard InChI is InChI=1S/C8H5BF6O3/c10-7(11,12)4-1-5(9(16)17)3-6(2-4)18-8(13,14)15/h1-3,16-17H. The summed E-state index contributed by atoms with van der Waals surface area (Å²) in [6.45, 7) is 0. The third-order valence-electron chi connectivity index (χ3n) is 1.79. The molecule has 0 fully saturated rings. The van der Waals surface area contributed by atoms with Gasteiger partial charge in [0.05, 0.1) is 5.56 Å². The zero-order valence-corrected chi connectivity index (χ0v) is 8.38. The van der Waals surface area contributed by atoms with E-state index in [0.29, 0.717) is 12.1 Å². The third kappa shape index (κ3) is 4.11. The zero-order chi connectivity index (χ0) is 14.1. The van der Waals surface area contributed by atoms with E-state index in [1.165, 1.54) is 0 Å². The van der Waals surface area contributed by atoms with Crippen LogP contribution in [0.25, 0.3) is 0 Å². The lowest BCUT2D eigenvalue weighted by Crippen LogP contribution is -2.31. The average molecular weight is 274 g/mol. The van der Waals surface area contributed by atoms with Gasteiger partial charge in [-0.25, -0.2) is 0 Å². The molecule has 0 bridgehead atoms. The Hall–Kier alpha value is -1.42. The molecule has 100 valence electrons. The number of halogens is 6. The van der Waals surface area contributed by atoms with Crippen molar-refractivity contribution in [1.29, 1.82) is 0 Å². The average Bonchev–Trinajstić information content (AvgIpc) is 2.12. The van der Waals surface area contributed by atoms with Gasteiger partial charge in [-0.1, -0.05) is 0 Å². The molecule has 0 aromatic heterocycles. The summed E-state index contributed by atoms with van der Waals surface area (Å²) in [5.41, 5.74) is -2.24. The quantitative estimate of drug-likeness (QED) is 0.631. The van der Waals surface area contributed by atoms with Gasteiger partial charge in [0.1, 0.15) is 5.75 Å². The van der Waals surface area contributed by atoms with Gasteiger partial charge in [-0.15, -0.1) is 13.2 Å². The van der Waals surface area contributed by atoms with Crippen LogP contribution in [-0.4, -0.2) is 23.5 Å². The van der Waals surface area contributed by atoms with E-state index in [-0.39, 0.29) is 6.07 Å². The van der Waals surface area contributed by atoms with Crippen LogP contribution in [-0.2, 0) is 6.18 Å². The van der Waals surface area contributed by atoms with Crippen molar-refractivity contribution >= 4 is 12.6 Å². The first-order valence-electron chi connectivity index (χ1n) is 4.33. The number of hydrogen-bond acceptors (Lipinski definition) is 3. The second-order valence-electron chi connectivity index (χ2n) is 3.21. The maximum atomic E-state index is 12.3. The molecule has 2 N–H and O–H groups in total. The van der Waals surface area contributed by atoms with Crippen LogP contribution in [0.5, 0.6) is 5.75 Å². The lowest BCUT2D eigenvalue weighted by Gasteiger charge is -2.14. The van der Waals surface area contributed by atoms with Gasteiger partial charge in [-0.3, -0.25) is 0 Å². The van der Waals surface area contributed by atoms with E-state index >= 15 is 0 Å².